The van der Waals surface area contributed by atoms with Gasteiger partial charge >= 0.3 is 0 Å². The SMILES string of the molecule is COc1cc(C(=O)NCCN2CCCC2)cc(NC(=O)c2ccns2)c1OC. The van der Waals surface area contributed by atoms with Gasteiger partial charge in [-0.2, -0.15) is 0 Å². The lowest BCUT2D eigenvalue weighted by Gasteiger charge is -2.17. The van der Waals surface area contributed by atoms with E-state index in [9.17, 15) is 9.59 Å². The first kappa shape index (κ1) is 20.1. The number of benzene rings is 1. The van der Waals surface area contributed by atoms with Gasteiger partial charge in [0.1, 0.15) is 4.88 Å². The number of carbonyl (C=O) groups is 2. The predicted molar refractivity (Wildman–Crippen MR) is 108 cm³/mol. The molecule has 1 aliphatic heterocycles. The zero-order valence-electron chi connectivity index (χ0n) is 16.0. The summed E-state index contributed by atoms with van der Waals surface area (Å²) in [7, 11) is 2.97. The van der Waals surface area contributed by atoms with Crippen LogP contribution in [0.2, 0.25) is 0 Å². The molecular formula is C19H24N4O4S. The highest BCUT2D eigenvalue weighted by Gasteiger charge is 2.19. The smallest absolute Gasteiger partial charge is 0.267 e. The Balaban J connectivity index is 1.74. The third-order valence-corrected chi connectivity index (χ3v) is 5.31. The van der Waals surface area contributed by atoms with Crippen molar-refractivity contribution >= 4 is 29.0 Å². The number of nitrogens with zero attached hydrogens (tertiary/aromatic N) is 2. The second-order valence-corrected chi connectivity index (χ2v) is 7.23. The van der Waals surface area contributed by atoms with Crippen molar-refractivity contribution in [3.8, 4) is 11.5 Å². The van der Waals surface area contributed by atoms with Crippen LogP contribution in [0.25, 0.3) is 0 Å². The molecule has 9 heteroatoms. The van der Waals surface area contributed by atoms with Crippen LogP contribution in [-0.2, 0) is 0 Å². The molecule has 1 aromatic heterocycles. The van der Waals surface area contributed by atoms with Crippen molar-refractivity contribution in [1.82, 2.24) is 14.6 Å². The molecule has 0 saturated carbocycles. The number of amides is 2. The summed E-state index contributed by atoms with van der Waals surface area (Å²) in [6, 6.07) is 4.82. The lowest BCUT2D eigenvalue weighted by atomic mass is 10.1. The molecule has 3 rings (SSSR count). The van der Waals surface area contributed by atoms with E-state index >= 15 is 0 Å². The maximum Gasteiger partial charge on any atom is 0.267 e. The fraction of sp³-hybridized carbons (Fsp3) is 0.421. The summed E-state index contributed by atoms with van der Waals surface area (Å²) in [6.07, 6.45) is 3.99. The van der Waals surface area contributed by atoms with E-state index in [4.69, 9.17) is 9.47 Å². The minimum Gasteiger partial charge on any atom is -0.493 e. The monoisotopic (exact) mass is 404 g/mol. The molecule has 28 heavy (non-hydrogen) atoms. The summed E-state index contributed by atoms with van der Waals surface area (Å²) in [6.45, 7) is 3.56. The van der Waals surface area contributed by atoms with Crippen LogP contribution in [0, 0.1) is 0 Å². The zero-order chi connectivity index (χ0) is 19.9. The van der Waals surface area contributed by atoms with Gasteiger partial charge in [-0.3, -0.25) is 9.59 Å². The van der Waals surface area contributed by atoms with E-state index in [0.717, 1.165) is 31.2 Å². The molecule has 8 nitrogen and oxygen atoms in total. The summed E-state index contributed by atoms with van der Waals surface area (Å²) in [5, 5.41) is 5.70. The summed E-state index contributed by atoms with van der Waals surface area (Å²) < 4.78 is 14.7. The molecule has 1 aromatic carbocycles. The summed E-state index contributed by atoms with van der Waals surface area (Å²) >= 11 is 1.09. The van der Waals surface area contributed by atoms with Gasteiger partial charge in [-0.05, 0) is 55.7 Å². The Morgan fingerprint density at radius 2 is 1.96 bits per heavy atom. The fourth-order valence-corrected chi connectivity index (χ4v) is 3.63. The van der Waals surface area contributed by atoms with Crippen molar-refractivity contribution in [3.05, 3.63) is 34.8 Å². The van der Waals surface area contributed by atoms with Crippen molar-refractivity contribution in [2.24, 2.45) is 0 Å². The van der Waals surface area contributed by atoms with Crippen molar-refractivity contribution in [1.29, 1.82) is 0 Å². The van der Waals surface area contributed by atoms with Gasteiger partial charge in [0.25, 0.3) is 11.8 Å². The zero-order valence-corrected chi connectivity index (χ0v) is 16.8. The van der Waals surface area contributed by atoms with Crippen LogP contribution in [0.3, 0.4) is 0 Å². The Hall–Kier alpha value is -2.65. The molecule has 0 atom stereocenters. The molecule has 0 spiro atoms. The van der Waals surface area contributed by atoms with Gasteiger partial charge in [0.15, 0.2) is 11.5 Å². The van der Waals surface area contributed by atoms with Gasteiger partial charge < -0.3 is 25.0 Å². The van der Waals surface area contributed by atoms with E-state index < -0.39 is 0 Å². The van der Waals surface area contributed by atoms with Crippen LogP contribution in [0.4, 0.5) is 5.69 Å². The topological polar surface area (TPSA) is 92.8 Å². The summed E-state index contributed by atoms with van der Waals surface area (Å²) in [5.41, 5.74) is 0.753. The lowest BCUT2D eigenvalue weighted by Crippen LogP contribution is -2.33. The average molecular weight is 404 g/mol. The molecule has 0 bridgehead atoms. The number of nitrogens with one attached hydrogen (secondary N) is 2. The molecule has 0 aliphatic carbocycles. The van der Waals surface area contributed by atoms with Crippen LogP contribution in [0.1, 0.15) is 32.9 Å². The van der Waals surface area contributed by atoms with E-state index in [1.807, 2.05) is 0 Å². The summed E-state index contributed by atoms with van der Waals surface area (Å²) in [4.78, 5) is 27.8. The Morgan fingerprint density at radius 1 is 1.18 bits per heavy atom. The quantitative estimate of drug-likeness (QED) is 0.701. The fourth-order valence-electron chi connectivity index (χ4n) is 3.14. The highest BCUT2D eigenvalue weighted by atomic mass is 32.1. The average Bonchev–Trinajstić information content (AvgIpc) is 3.41. The van der Waals surface area contributed by atoms with E-state index in [2.05, 4.69) is 19.9 Å². The minimum atomic E-state index is -0.325. The van der Waals surface area contributed by atoms with Gasteiger partial charge in [0.05, 0.1) is 19.9 Å². The second kappa shape index (κ2) is 9.52. The van der Waals surface area contributed by atoms with Crippen LogP contribution < -0.4 is 20.1 Å². The molecular weight excluding hydrogens is 380 g/mol. The molecule has 2 heterocycles. The maximum absolute atomic E-state index is 12.6. The van der Waals surface area contributed by atoms with Crippen molar-refractivity contribution < 1.29 is 19.1 Å². The van der Waals surface area contributed by atoms with Crippen LogP contribution in [-0.4, -0.2) is 61.5 Å². The molecule has 150 valence electrons. The molecule has 1 fully saturated rings. The Labute approximate surface area is 168 Å². The number of ether oxygens (including phenoxy) is 2. The minimum absolute atomic E-state index is 0.228. The maximum atomic E-state index is 12.6. The largest absolute Gasteiger partial charge is 0.493 e. The number of hydrogen-bond donors (Lipinski definition) is 2. The predicted octanol–water partition coefficient (Wildman–Crippen LogP) is 2.24. The van der Waals surface area contributed by atoms with Gasteiger partial charge in [0.2, 0.25) is 0 Å². The first-order valence-corrected chi connectivity index (χ1v) is 9.88. The number of likely N-dealkylation sites (tertiary alicyclic amines) is 1. The molecule has 0 unspecified atom stereocenters. The number of rotatable bonds is 8. The molecule has 2 amide bonds. The highest BCUT2D eigenvalue weighted by molar-refractivity contribution is 7.08. The van der Waals surface area contributed by atoms with Gasteiger partial charge in [-0.1, -0.05) is 0 Å². The van der Waals surface area contributed by atoms with Crippen molar-refractivity contribution in [2.45, 2.75) is 12.8 Å². The lowest BCUT2D eigenvalue weighted by molar-refractivity contribution is 0.0948. The second-order valence-electron chi connectivity index (χ2n) is 6.39. The summed E-state index contributed by atoms with van der Waals surface area (Å²) in [5.74, 6) is 0.172. The number of carbonyl (C=O) groups excluding carboxylic acids is 2. The standard InChI is InChI=1S/C19H24N4O4S/c1-26-15-12-13(18(24)20-7-10-23-8-3-4-9-23)11-14(17(15)27-2)22-19(25)16-5-6-21-28-16/h5-6,11-12H,3-4,7-10H2,1-2H3,(H,20,24)(H,22,25). The number of methoxy groups -OCH3 is 2. The normalized spacial score (nSPS) is 13.9. The number of aromatic nitrogens is 1. The molecule has 1 aliphatic rings. The molecule has 2 aromatic rings. The van der Waals surface area contributed by atoms with Gasteiger partial charge in [-0.15, -0.1) is 0 Å². The first-order valence-electron chi connectivity index (χ1n) is 9.11. The van der Waals surface area contributed by atoms with Crippen LogP contribution in [0.15, 0.2) is 24.4 Å². The third kappa shape index (κ3) is 4.79. The first-order chi connectivity index (χ1) is 13.6. The van der Waals surface area contributed by atoms with Gasteiger partial charge in [-0.25, -0.2) is 4.37 Å². The molecule has 1 saturated heterocycles. The van der Waals surface area contributed by atoms with E-state index in [-0.39, 0.29) is 11.8 Å². The molecule has 0 radical (unpaired) electrons. The van der Waals surface area contributed by atoms with E-state index in [0.29, 0.717) is 34.2 Å². The Bertz CT molecular complexity index is 820. The van der Waals surface area contributed by atoms with E-state index in [1.54, 1.807) is 24.4 Å². The number of anilines is 1. The molecule has 2 N–H and O–H groups in total. The number of hydrogen-bond acceptors (Lipinski definition) is 7. The Kier molecular flexibility index (Phi) is 6.83. The van der Waals surface area contributed by atoms with Crippen molar-refractivity contribution in [2.75, 3.05) is 45.7 Å². The Morgan fingerprint density at radius 3 is 2.61 bits per heavy atom. The van der Waals surface area contributed by atoms with Crippen molar-refractivity contribution in [3.63, 3.8) is 0 Å². The third-order valence-electron chi connectivity index (χ3n) is 4.56. The van der Waals surface area contributed by atoms with Crippen LogP contribution >= 0.6 is 11.5 Å². The van der Waals surface area contributed by atoms with Gasteiger partial charge in [0, 0.05) is 24.8 Å². The van der Waals surface area contributed by atoms with E-state index in [1.165, 1.54) is 27.1 Å². The van der Waals surface area contributed by atoms with Crippen LogP contribution in [0.5, 0.6) is 11.5 Å². The highest BCUT2D eigenvalue weighted by Crippen LogP contribution is 2.37.